The van der Waals surface area contributed by atoms with Crippen LogP contribution in [0.3, 0.4) is 0 Å². The molecule has 8 nitrogen and oxygen atoms in total. The van der Waals surface area contributed by atoms with Crippen LogP contribution in [-0.4, -0.2) is 42.0 Å². The van der Waals surface area contributed by atoms with Crippen molar-refractivity contribution in [3.8, 4) is 17.2 Å². The molecule has 1 saturated heterocycles. The zero-order valence-corrected chi connectivity index (χ0v) is 16.8. The van der Waals surface area contributed by atoms with Gasteiger partial charge in [0.05, 0.1) is 17.6 Å². The van der Waals surface area contributed by atoms with Gasteiger partial charge < -0.3 is 20.1 Å². The molecule has 0 saturated carbocycles. The van der Waals surface area contributed by atoms with Gasteiger partial charge in [0.2, 0.25) is 0 Å². The number of hydrogen-bond acceptors (Lipinski definition) is 6. The average molecular weight is 399 g/mol. The maximum absolute atomic E-state index is 13.2. The van der Waals surface area contributed by atoms with Gasteiger partial charge in [0.1, 0.15) is 17.2 Å². The van der Waals surface area contributed by atoms with Crippen molar-refractivity contribution in [1.29, 1.82) is 0 Å². The maximum atomic E-state index is 13.2. The van der Waals surface area contributed by atoms with Gasteiger partial charge in [-0.3, -0.25) is 14.9 Å². The van der Waals surface area contributed by atoms with Crippen LogP contribution in [0.25, 0.3) is 0 Å². The van der Waals surface area contributed by atoms with Crippen LogP contribution in [0.5, 0.6) is 17.2 Å². The second-order valence-corrected chi connectivity index (χ2v) is 7.83. The largest absolute Gasteiger partial charge is 0.497 e. The van der Waals surface area contributed by atoms with E-state index in [1.807, 2.05) is 13.8 Å². The van der Waals surface area contributed by atoms with Crippen molar-refractivity contribution >= 4 is 11.6 Å². The first-order chi connectivity index (χ1) is 13.7. The lowest BCUT2D eigenvalue weighted by Gasteiger charge is -2.42. The van der Waals surface area contributed by atoms with Gasteiger partial charge in [0.15, 0.2) is 0 Å². The van der Waals surface area contributed by atoms with E-state index < -0.39 is 4.92 Å². The third-order valence-electron chi connectivity index (χ3n) is 5.29. The maximum Gasteiger partial charge on any atom is 0.270 e. The van der Waals surface area contributed by atoms with Crippen molar-refractivity contribution in [3.63, 3.8) is 0 Å². The van der Waals surface area contributed by atoms with E-state index in [4.69, 9.17) is 15.2 Å². The van der Waals surface area contributed by atoms with Crippen LogP contribution in [0.15, 0.2) is 42.5 Å². The van der Waals surface area contributed by atoms with E-state index in [9.17, 15) is 14.9 Å². The molecule has 1 heterocycles. The fourth-order valence-corrected chi connectivity index (χ4v) is 3.38. The highest BCUT2D eigenvalue weighted by atomic mass is 16.6. The Kier molecular flexibility index (Phi) is 5.74. The van der Waals surface area contributed by atoms with Gasteiger partial charge in [-0.05, 0) is 42.2 Å². The molecule has 8 heteroatoms. The number of likely N-dealkylation sites (tertiary alicyclic amines) is 1. The summed E-state index contributed by atoms with van der Waals surface area (Å²) in [5, 5.41) is 11.2. The number of rotatable bonds is 5. The lowest BCUT2D eigenvalue weighted by Crippen LogP contribution is -2.54. The number of nitrogens with zero attached hydrogens (tertiary/aromatic N) is 2. The van der Waals surface area contributed by atoms with Crippen LogP contribution < -0.4 is 15.2 Å². The highest BCUT2D eigenvalue weighted by Crippen LogP contribution is 2.33. The zero-order valence-electron chi connectivity index (χ0n) is 16.8. The quantitative estimate of drug-likeness (QED) is 0.608. The van der Waals surface area contributed by atoms with E-state index in [-0.39, 0.29) is 34.4 Å². The van der Waals surface area contributed by atoms with Crippen molar-refractivity contribution in [2.75, 3.05) is 20.2 Å². The normalized spacial score (nSPS) is 18.2. The average Bonchev–Trinajstić information content (AvgIpc) is 2.70. The number of piperidine rings is 1. The summed E-state index contributed by atoms with van der Waals surface area (Å²) in [6.07, 6.45) is 0.669. The number of carbonyl (C=O) groups is 1. The van der Waals surface area contributed by atoms with Crippen LogP contribution in [0.2, 0.25) is 0 Å². The molecule has 1 aliphatic rings. The van der Waals surface area contributed by atoms with Crippen LogP contribution in [0, 0.1) is 15.5 Å². The first-order valence-corrected chi connectivity index (χ1v) is 9.36. The number of methoxy groups -OCH3 is 1. The molecule has 1 unspecified atom stereocenters. The van der Waals surface area contributed by atoms with E-state index in [1.165, 1.54) is 18.2 Å². The number of nitro benzene ring substituents is 1. The van der Waals surface area contributed by atoms with Gasteiger partial charge in [0, 0.05) is 31.3 Å². The van der Waals surface area contributed by atoms with Crippen molar-refractivity contribution in [3.05, 3.63) is 58.1 Å². The number of amides is 1. The van der Waals surface area contributed by atoms with Gasteiger partial charge in [-0.25, -0.2) is 0 Å². The Hall–Kier alpha value is -3.13. The van der Waals surface area contributed by atoms with Gasteiger partial charge in [-0.15, -0.1) is 0 Å². The second kappa shape index (κ2) is 8.08. The van der Waals surface area contributed by atoms with E-state index >= 15 is 0 Å². The number of nitrogens with two attached hydrogens (primary N) is 1. The summed E-state index contributed by atoms with van der Waals surface area (Å²) in [6, 6.07) is 10.9. The second-order valence-electron chi connectivity index (χ2n) is 7.83. The van der Waals surface area contributed by atoms with Crippen LogP contribution in [0.4, 0.5) is 5.69 Å². The van der Waals surface area contributed by atoms with Crippen LogP contribution in [-0.2, 0) is 0 Å². The molecule has 0 spiro atoms. The Balaban J connectivity index is 1.93. The summed E-state index contributed by atoms with van der Waals surface area (Å²) in [4.78, 5) is 25.7. The lowest BCUT2D eigenvalue weighted by atomic mass is 9.79. The molecule has 154 valence electrons. The van der Waals surface area contributed by atoms with E-state index in [0.717, 1.165) is 0 Å². The number of non-ortho nitro benzene ring substituents is 1. The lowest BCUT2D eigenvalue weighted by molar-refractivity contribution is -0.384. The molecule has 0 aromatic heterocycles. The molecule has 1 atom stereocenters. The molecule has 2 aromatic rings. The summed E-state index contributed by atoms with van der Waals surface area (Å²) in [7, 11) is 1.56. The molecule has 1 aliphatic heterocycles. The Bertz CT molecular complexity index is 911. The summed E-state index contributed by atoms with van der Waals surface area (Å²) < 4.78 is 11.0. The molecule has 1 fully saturated rings. The number of benzene rings is 2. The molecule has 3 rings (SSSR count). The Morgan fingerprint density at radius 2 is 1.86 bits per heavy atom. The van der Waals surface area contributed by atoms with Crippen LogP contribution in [0.1, 0.15) is 30.6 Å². The zero-order chi connectivity index (χ0) is 21.2. The fourth-order valence-electron chi connectivity index (χ4n) is 3.38. The highest BCUT2D eigenvalue weighted by Gasteiger charge is 2.36. The molecule has 2 N–H and O–H groups in total. The molecular weight excluding hydrogens is 374 g/mol. The molecular formula is C21H25N3O5. The van der Waals surface area contributed by atoms with E-state index in [1.54, 1.807) is 36.3 Å². The van der Waals surface area contributed by atoms with Crippen molar-refractivity contribution < 1.29 is 19.2 Å². The van der Waals surface area contributed by atoms with Gasteiger partial charge in [-0.1, -0.05) is 13.8 Å². The fraction of sp³-hybridized carbons (Fsp3) is 0.381. The molecule has 1 amide bonds. The number of nitro groups is 1. The van der Waals surface area contributed by atoms with E-state index in [2.05, 4.69) is 0 Å². The summed E-state index contributed by atoms with van der Waals surface area (Å²) >= 11 is 0. The summed E-state index contributed by atoms with van der Waals surface area (Å²) in [5.41, 5.74) is 5.92. The standard InChI is InChI=1S/C21H25N3O5/c1-21(2)13-23(11-10-19(21)22)20(25)17-12-14(24(26)27)4-9-18(17)29-16-7-5-15(28-3)6-8-16/h4-9,12,19H,10-11,13,22H2,1-3H3. The minimum absolute atomic E-state index is 0.00770. The van der Waals surface area contributed by atoms with Crippen molar-refractivity contribution in [2.45, 2.75) is 26.3 Å². The Morgan fingerprint density at radius 3 is 2.45 bits per heavy atom. The first kappa shape index (κ1) is 20.6. The summed E-state index contributed by atoms with van der Waals surface area (Å²) in [6.45, 7) is 4.99. The Morgan fingerprint density at radius 1 is 1.21 bits per heavy atom. The monoisotopic (exact) mass is 399 g/mol. The number of hydrogen-bond donors (Lipinski definition) is 1. The van der Waals surface area contributed by atoms with Gasteiger partial charge in [0.25, 0.3) is 11.6 Å². The SMILES string of the molecule is COc1ccc(Oc2ccc([N+](=O)[O-])cc2C(=O)N2CCC(N)C(C)(C)C2)cc1. The van der Waals surface area contributed by atoms with Gasteiger partial charge >= 0.3 is 0 Å². The minimum atomic E-state index is -0.524. The minimum Gasteiger partial charge on any atom is -0.497 e. The first-order valence-electron chi connectivity index (χ1n) is 9.36. The number of ether oxygens (including phenoxy) is 2. The smallest absolute Gasteiger partial charge is 0.270 e. The molecule has 0 bridgehead atoms. The Labute approximate surface area is 169 Å². The predicted molar refractivity (Wildman–Crippen MR) is 108 cm³/mol. The molecule has 2 aromatic carbocycles. The predicted octanol–water partition coefficient (Wildman–Crippen LogP) is 3.60. The highest BCUT2D eigenvalue weighted by molar-refractivity contribution is 5.97. The van der Waals surface area contributed by atoms with Crippen LogP contribution >= 0.6 is 0 Å². The molecule has 0 radical (unpaired) electrons. The number of carbonyl (C=O) groups excluding carboxylic acids is 1. The third kappa shape index (κ3) is 4.48. The summed E-state index contributed by atoms with van der Waals surface area (Å²) in [5.74, 6) is 1.12. The van der Waals surface area contributed by atoms with Crippen molar-refractivity contribution in [2.24, 2.45) is 11.1 Å². The van der Waals surface area contributed by atoms with Crippen molar-refractivity contribution in [1.82, 2.24) is 4.90 Å². The molecule has 29 heavy (non-hydrogen) atoms. The van der Waals surface area contributed by atoms with Gasteiger partial charge in [-0.2, -0.15) is 0 Å². The third-order valence-corrected chi connectivity index (χ3v) is 5.29. The topological polar surface area (TPSA) is 108 Å². The van der Waals surface area contributed by atoms with E-state index in [0.29, 0.717) is 31.0 Å². The molecule has 0 aliphatic carbocycles.